The molecule has 1 heterocycles. The lowest BCUT2D eigenvalue weighted by Crippen LogP contribution is -2.17. The number of aromatic carboxylic acids is 1. The first kappa shape index (κ1) is 12.9. The molecule has 4 heteroatoms. The highest BCUT2D eigenvalue weighted by atomic mass is 16.5. The lowest BCUT2D eigenvalue weighted by atomic mass is 10.00. The monoisotopic (exact) mass is 250 g/mol. The number of hydrogen-bond acceptors (Lipinski definition) is 3. The fourth-order valence-corrected chi connectivity index (χ4v) is 2.03. The van der Waals surface area contributed by atoms with Crippen molar-refractivity contribution in [2.24, 2.45) is 0 Å². The molecule has 18 heavy (non-hydrogen) atoms. The predicted octanol–water partition coefficient (Wildman–Crippen LogP) is 2.68. The van der Waals surface area contributed by atoms with Crippen molar-refractivity contribution in [1.29, 1.82) is 0 Å². The van der Waals surface area contributed by atoms with Crippen molar-refractivity contribution in [1.82, 2.24) is 0 Å². The smallest absolute Gasteiger partial charge is 0.335 e. The molecule has 1 N–H and O–H groups in total. The van der Waals surface area contributed by atoms with Gasteiger partial charge in [-0.15, -0.1) is 0 Å². The summed E-state index contributed by atoms with van der Waals surface area (Å²) in [7, 11) is 0. The number of rotatable bonds is 4. The molecule has 1 aromatic rings. The Hall–Kier alpha value is -1.55. The van der Waals surface area contributed by atoms with E-state index in [0.29, 0.717) is 24.9 Å². The number of benzene rings is 1. The minimum atomic E-state index is -0.933. The fraction of sp³-hybridized carbons (Fsp3) is 0.500. The molecule has 1 aliphatic heterocycles. The third-order valence-electron chi connectivity index (χ3n) is 3.06. The van der Waals surface area contributed by atoms with Gasteiger partial charge in [0, 0.05) is 6.42 Å². The van der Waals surface area contributed by atoms with Crippen LogP contribution in [0.15, 0.2) is 18.2 Å². The molecule has 2 rings (SSSR count). The Kier molecular flexibility index (Phi) is 3.87. The number of carboxylic acids is 1. The van der Waals surface area contributed by atoms with Crippen molar-refractivity contribution in [2.45, 2.75) is 32.3 Å². The molecule has 1 fully saturated rings. The summed E-state index contributed by atoms with van der Waals surface area (Å²) in [4.78, 5) is 11.0. The average molecular weight is 250 g/mol. The van der Waals surface area contributed by atoms with Gasteiger partial charge in [-0.2, -0.15) is 0 Å². The van der Waals surface area contributed by atoms with Crippen molar-refractivity contribution in [3.63, 3.8) is 0 Å². The van der Waals surface area contributed by atoms with Crippen LogP contribution < -0.4 is 4.74 Å². The van der Waals surface area contributed by atoms with Gasteiger partial charge in [0.25, 0.3) is 0 Å². The highest BCUT2D eigenvalue weighted by molar-refractivity contribution is 5.88. The summed E-state index contributed by atoms with van der Waals surface area (Å²) in [5.74, 6) is 0.0309. The second-order valence-electron chi connectivity index (χ2n) is 4.82. The number of carboxylic acid groups (broad SMARTS) is 1. The normalized spacial score (nSPS) is 19.2. The second kappa shape index (κ2) is 5.40. The molecular weight excluding hydrogens is 232 g/mol. The van der Waals surface area contributed by atoms with Gasteiger partial charge in [0.15, 0.2) is 0 Å². The maximum absolute atomic E-state index is 11.0. The van der Waals surface area contributed by atoms with E-state index in [1.165, 1.54) is 0 Å². The molecule has 1 unspecified atom stereocenters. The van der Waals surface area contributed by atoms with Gasteiger partial charge in [-0.1, -0.05) is 19.9 Å². The number of hydrogen-bond donors (Lipinski definition) is 1. The van der Waals surface area contributed by atoms with Crippen LogP contribution in [-0.4, -0.2) is 30.4 Å². The maximum atomic E-state index is 11.0. The zero-order chi connectivity index (χ0) is 13.1. The highest BCUT2D eigenvalue weighted by Gasteiger charge is 2.20. The zero-order valence-electron chi connectivity index (χ0n) is 10.7. The van der Waals surface area contributed by atoms with Crippen LogP contribution in [0, 0.1) is 0 Å². The Morgan fingerprint density at radius 1 is 1.50 bits per heavy atom. The Balaban J connectivity index is 2.27. The van der Waals surface area contributed by atoms with Gasteiger partial charge in [0.2, 0.25) is 0 Å². The molecule has 1 aliphatic rings. The first-order chi connectivity index (χ1) is 8.58. The summed E-state index contributed by atoms with van der Waals surface area (Å²) < 4.78 is 11.1. The molecule has 0 aromatic heterocycles. The molecule has 0 spiro atoms. The lowest BCUT2D eigenvalue weighted by molar-refractivity contribution is 0.0696. The third kappa shape index (κ3) is 2.82. The summed E-state index contributed by atoms with van der Waals surface area (Å²) in [6.07, 6.45) is 0.890. The minimum Gasteiger partial charge on any atom is -0.488 e. The van der Waals surface area contributed by atoms with Crippen LogP contribution in [0.25, 0.3) is 0 Å². The van der Waals surface area contributed by atoms with Gasteiger partial charge in [-0.3, -0.25) is 0 Å². The van der Waals surface area contributed by atoms with Crippen LogP contribution in [0.4, 0.5) is 0 Å². The van der Waals surface area contributed by atoms with E-state index in [9.17, 15) is 4.79 Å². The average Bonchev–Trinajstić information content (AvgIpc) is 2.81. The van der Waals surface area contributed by atoms with Crippen molar-refractivity contribution in [3.05, 3.63) is 29.3 Å². The van der Waals surface area contributed by atoms with Gasteiger partial charge < -0.3 is 14.6 Å². The van der Waals surface area contributed by atoms with Gasteiger partial charge >= 0.3 is 5.97 Å². The fourth-order valence-electron chi connectivity index (χ4n) is 2.03. The van der Waals surface area contributed by atoms with E-state index in [-0.39, 0.29) is 11.7 Å². The van der Waals surface area contributed by atoms with E-state index in [4.69, 9.17) is 14.6 Å². The summed E-state index contributed by atoms with van der Waals surface area (Å²) in [5, 5.41) is 9.02. The predicted molar refractivity (Wildman–Crippen MR) is 67.3 cm³/mol. The topological polar surface area (TPSA) is 55.8 Å². The summed E-state index contributed by atoms with van der Waals surface area (Å²) in [6.45, 7) is 5.41. The van der Waals surface area contributed by atoms with E-state index in [2.05, 4.69) is 13.8 Å². The Morgan fingerprint density at radius 2 is 2.28 bits per heavy atom. The standard InChI is InChI=1S/C14H18O4/c1-9(2)12-4-3-10(14(15)16)7-13(12)18-11-5-6-17-8-11/h3-4,7,9,11H,5-6,8H2,1-2H3,(H,15,16). The third-order valence-corrected chi connectivity index (χ3v) is 3.06. The van der Waals surface area contributed by atoms with Crippen LogP contribution in [-0.2, 0) is 4.74 Å². The Bertz CT molecular complexity index is 433. The molecule has 0 aliphatic carbocycles. The highest BCUT2D eigenvalue weighted by Crippen LogP contribution is 2.29. The van der Waals surface area contributed by atoms with Crippen molar-refractivity contribution in [3.8, 4) is 5.75 Å². The van der Waals surface area contributed by atoms with E-state index in [0.717, 1.165) is 12.0 Å². The summed E-state index contributed by atoms with van der Waals surface area (Å²) in [5.41, 5.74) is 1.29. The zero-order valence-corrected chi connectivity index (χ0v) is 10.7. The molecular formula is C14H18O4. The van der Waals surface area contributed by atoms with E-state index >= 15 is 0 Å². The lowest BCUT2D eigenvalue weighted by Gasteiger charge is -2.18. The summed E-state index contributed by atoms with van der Waals surface area (Å²) >= 11 is 0. The van der Waals surface area contributed by atoms with Crippen LogP contribution in [0.5, 0.6) is 5.75 Å². The van der Waals surface area contributed by atoms with Gasteiger partial charge in [0.1, 0.15) is 11.9 Å². The molecule has 0 saturated carbocycles. The first-order valence-electron chi connectivity index (χ1n) is 6.19. The van der Waals surface area contributed by atoms with Crippen molar-refractivity contribution in [2.75, 3.05) is 13.2 Å². The first-order valence-corrected chi connectivity index (χ1v) is 6.19. The molecule has 1 atom stereocenters. The Morgan fingerprint density at radius 3 is 2.83 bits per heavy atom. The van der Waals surface area contributed by atoms with Crippen LogP contribution in [0.1, 0.15) is 42.1 Å². The Labute approximate surface area is 107 Å². The van der Waals surface area contributed by atoms with Crippen LogP contribution >= 0.6 is 0 Å². The maximum Gasteiger partial charge on any atom is 0.335 e. The molecule has 0 bridgehead atoms. The van der Waals surface area contributed by atoms with Gasteiger partial charge in [-0.25, -0.2) is 4.79 Å². The van der Waals surface area contributed by atoms with Gasteiger partial charge in [0.05, 0.1) is 18.8 Å². The van der Waals surface area contributed by atoms with Crippen LogP contribution in [0.2, 0.25) is 0 Å². The van der Waals surface area contributed by atoms with Crippen molar-refractivity contribution >= 4 is 5.97 Å². The quantitative estimate of drug-likeness (QED) is 0.892. The van der Waals surface area contributed by atoms with Crippen molar-refractivity contribution < 1.29 is 19.4 Å². The molecule has 0 radical (unpaired) electrons. The summed E-state index contributed by atoms with van der Waals surface area (Å²) in [6, 6.07) is 5.06. The molecule has 1 aromatic carbocycles. The van der Waals surface area contributed by atoms with Crippen LogP contribution in [0.3, 0.4) is 0 Å². The molecule has 98 valence electrons. The van der Waals surface area contributed by atoms with E-state index in [1.807, 2.05) is 6.07 Å². The molecule has 4 nitrogen and oxygen atoms in total. The van der Waals surface area contributed by atoms with Gasteiger partial charge in [-0.05, 0) is 23.6 Å². The largest absolute Gasteiger partial charge is 0.488 e. The minimum absolute atomic E-state index is 0.0338. The number of carbonyl (C=O) groups is 1. The second-order valence-corrected chi connectivity index (χ2v) is 4.82. The van der Waals surface area contributed by atoms with E-state index in [1.54, 1.807) is 12.1 Å². The van der Waals surface area contributed by atoms with E-state index < -0.39 is 5.97 Å². The molecule has 1 saturated heterocycles. The molecule has 0 amide bonds. The number of ether oxygens (including phenoxy) is 2. The SMILES string of the molecule is CC(C)c1ccc(C(=O)O)cc1OC1CCOC1.